The van der Waals surface area contributed by atoms with E-state index in [9.17, 15) is 0 Å². The Bertz CT molecular complexity index is 958. The molecule has 4 rings (SSSR count). The van der Waals surface area contributed by atoms with Crippen LogP contribution in [0.5, 0.6) is 0 Å². The molecular weight excluding hydrogens is 308 g/mol. The largest absolute Gasteiger partial charge is 0.348 e. The van der Waals surface area contributed by atoms with Gasteiger partial charge in [-0.05, 0) is 36.8 Å². The van der Waals surface area contributed by atoms with Gasteiger partial charge in [-0.1, -0.05) is 65.4 Å². The first-order valence-electron chi connectivity index (χ1n) is 8.43. The fourth-order valence-corrected chi connectivity index (χ4v) is 2.97. The summed E-state index contributed by atoms with van der Waals surface area (Å²) in [6.07, 6.45) is 0. The van der Waals surface area contributed by atoms with Gasteiger partial charge in [0, 0.05) is 12.2 Å². The Balaban J connectivity index is 1.68. The highest BCUT2D eigenvalue weighted by Crippen LogP contribution is 2.20. The number of fused-ring (bicyclic) bond motifs is 1. The molecule has 3 aromatic carbocycles. The van der Waals surface area contributed by atoms with Crippen LogP contribution in [-0.2, 0) is 13.2 Å². The molecule has 124 valence electrons. The first-order valence-corrected chi connectivity index (χ1v) is 8.43. The molecule has 0 radical (unpaired) electrons. The highest BCUT2D eigenvalue weighted by molar-refractivity contribution is 5.73. The second-order valence-electron chi connectivity index (χ2n) is 6.24. The number of hydrogen-bond acceptors (Lipinski definition) is 3. The molecule has 0 amide bonds. The van der Waals surface area contributed by atoms with Crippen LogP contribution in [0.1, 0.15) is 11.1 Å². The predicted octanol–water partition coefficient (Wildman–Crippen LogP) is 4.40. The Kier molecular flexibility index (Phi) is 4.17. The minimum atomic E-state index is 0.651. The van der Waals surface area contributed by atoms with Crippen molar-refractivity contribution in [3.8, 4) is 0 Å². The molecule has 0 spiro atoms. The van der Waals surface area contributed by atoms with E-state index in [-0.39, 0.29) is 0 Å². The number of anilines is 1. The van der Waals surface area contributed by atoms with Crippen LogP contribution in [0.15, 0.2) is 78.9 Å². The minimum Gasteiger partial charge on any atom is -0.348 e. The lowest BCUT2D eigenvalue weighted by atomic mass is 10.2. The number of benzene rings is 3. The summed E-state index contributed by atoms with van der Waals surface area (Å²) < 4.78 is 1.96. The average molecular weight is 328 g/mol. The maximum Gasteiger partial charge on any atom is 0.114 e. The van der Waals surface area contributed by atoms with Crippen molar-refractivity contribution >= 4 is 16.7 Å². The highest BCUT2D eigenvalue weighted by atomic mass is 15.5. The number of aromatic nitrogens is 3. The van der Waals surface area contributed by atoms with Crippen LogP contribution in [0.4, 0.5) is 5.69 Å². The second-order valence-corrected chi connectivity index (χ2v) is 6.24. The maximum atomic E-state index is 4.34. The molecule has 0 saturated carbocycles. The van der Waals surface area contributed by atoms with E-state index >= 15 is 0 Å². The van der Waals surface area contributed by atoms with Crippen molar-refractivity contribution in [2.45, 2.75) is 20.1 Å². The van der Waals surface area contributed by atoms with Gasteiger partial charge in [0.15, 0.2) is 0 Å². The molecule has 0 saturated heterocycles. The predicted molar refractivity (Wildman–Crippen MR) is 101 cm³/mol. The van der Waals surface area contributed by atoms with Gasteiger partial charge in [-0.3, -0.25) is 0 Å². The van der Waals surface area contributed by atoms with Gasteiger partial charge in [0.25, 0.3) is 0 Å². The lowest BCUT2D eigenvalue weighted by molar-refractivity contribution is 0.570. The molecule has 4 nitrogen and oxygen atoms in total. The van der Waals surface area contributed by atoms with E-state index in [1.807, 2.05) is 28.9 Å². The Hall–Kier alpha value is -3.14. The molecule has 0 aliphatic heterocycles. The van der Waals surface area contributed by atoms with E-state index in [1.165, 1.54) is 16.8 Å². The first kappa shape index (κ1) is 15.4. The third-order valence-corrected chi connectivity index (χ3v) is 4.34. The third kappa shape index (κ3) is 3.38. The molecule has 4 aromatic rings. The van der Waals surface area contributed by atoms with E-state index in [0.717, 1.165) is 17.6 Å². The zero-order chi connectivity index (χ0) is 17.1. The summed E-state index contributed by atoms with van der Waals surface area (Å²) in [5.74, 6) is 0. The van der Waals surface area contributed by atoms with Crippen molar-refractivity contribution in [1.29, 1.82) is 0 Å². The van der Waals surface area contributed by atoms with Crippen molar-refractivity contribution in [2.75, 3.05) is 4.90 Å². The lowest BCUT2D eigenvalue weighted by Gasteiger charge is -2.25. The van der Waals surface area contributed by atoms with Crippen molar-refractivity contribution in [1.82, 2.24) is 15.0 Å². The standard InChI is InChI=1S/C21H20N4/c1-17-11-13-19(14-12-17)24(15-18-7-3-2-4-8-18)16-25-21-10-6-5-9-20(21)22-23-25/h2-14H,15-16H2,1H3. The number of rotatable bonds is 5. The molecule has 4 heteroatoms. The van der Waals surface area contributed by atoms with E-state index in [4.69, 9.17) is 0 Å². The average Bonchev–Trinajstić information content (AvgIpc) is 3.06. The van der Waals surface area contributed by atoms with E-state index in [0.29, 0.717) is 6.67 Å². The fourth-order valence-electron chi connectivity index (χ4n) is 2.97. The summed E-state index contributed by atoms with van der Waals surface area (Å²) in [5, 5.41) is 8.62. The van der Waals surface area contributed by atoms with Crippen molar-refractivity contribution in [2.24, 2.45) is 0 Å². The molecule has 0 N–H and O–H groups in total. The van der Waals surface area contributed by atoms with Gasteiger partial charge < -0.3 is 4.90 Å². The van der Waals surface area contributed by atoms with Crippen molar-refractivity contribution in [3.05, 3.63) is 90.0 Å². The van der Waals surface area contributed by atoms with Crippen molar-refractivity contribution < 1.29 is 0 Å². The van der Waals surface area contributed by atoms with Gasteiger partial charge in [0.2, 0.25) is 0 Å². The summed E-state index contributed by atoms with van der Waals surface area (Å²) in [4.78, 5) is 2.32. The van der Waals surface area contributed by atoms with Gasteiger partial charge in [-0.25, -0.2) is 4.68 Å². The molecule has 1 aromatic heterocycles. The zero-order valence-electron chi connectivity index (χ0n) is 14.2. The molecule has 0 aliphatic rings. The van der Waals surface area contributed by atoms with Gasteiger partial charge in [-0.15, -0.1) is 5.10 Å². The number of para-hydroxylation sites is 1. The molecule has 0 aliphatic carbocycles. The Morgan fingerprint density at radius 2 is 1.56 bits per heavy atom. The monoisotopic (exact) mass is 328 g/mol. The van der Waals surface area contributed by atoms with Gasteiger partial charge in [0.1, 0.15) is 12.2 Å². The SMILES string of the molecule is Cc1ccc(N(Cc2ccccc2)Cn2nnc3ccccc32)cc1. The van der Waals surface area contributed by atoms with Gasteiger partial charge in [-0.2, -0.15) is 0 Å². The topological polar surface area (TPSA) is 34.0 Å². The zero-order valence-corrected chi connectivity index (χ0v) is 14.2. The van der Waals surface area contributed by atoms with E-state index < -0.39 is 0 Å². The molecule has 1 heterocycles. The van der Waals surface area contributed by atoms with Gasteiger partial charge in [0.05, 0.1) is 5.52 Å². The molecule has 25 heavy (non-hydrogen) atoms. The number of aryl methyl sites for hydroxylation is 1. The van der Waals surface area contributed by atoms with E-state index in [1.54, 1.807) is 0 Å². The molecule has 0 bridgehead atoms. The Morgan fingerprint density at radius 3 is 2.36 bits per heavy atom. The molecular formula is C21H20N4. The van der Waals surface area contributed by atoms with Crippen LogP contribution in [0.3, 0.4) is 0 Å². The third-order valence-electron chi connectivity index (χ3n) is 4.34. The summed E-state index contributed by atoms with van der Waals surface area (Å²) in [7, 11) is 0. The van der Waals surface area contributed by atoms with Gasteiger partial charge >= 0.3 is 0 Å². The van der Waals surface area contributed by atoms with Crippen LogP contribution >= 0.6 is 0 Å². The van der Waals surface area contributed by atoms with Crippen molar-refractivity contribution in [3.63, 3.8) is 0 Å². The normalized spacial score (nSPS) is 10.9. The van der Waals surface area contributed by atoms with Crippen LogP contribution in [0.25, 0.3) is 11.0 Å². The second kappa shape index (κ2) is 6.77. The smallest absolute Gasteiger partial charge is 0.114 e. The quantitative estimate of drug-likeness (QED) is 0.544. The van der Waals surface area contributed by atoms with Crippen LogP contribution in [0, 0.1) is 6.92 Å². The molecule has 0 unspecified atom stereocenters. The highest BCUT2D eigenvalue weighted by Gasteiger charge is 2.11. The Labute approximate surface area is 147 Å². The molecule has 0 atom stereocenters. The summed E-state index contributed by atoms with van der Waals surface area (Å²) >= 11 is 0. The summed E-state index contributed by atoms with van der Waals surface area (Å²) in [6.45, 7) is 3.58. The van der Waals surface area contributed by atoms with Crippen LogP contribution in [-0.4, -0.2) is 15.0 Å². The van der Waals surface area contributed by atoms with Crippen LogP contribution < -0.4 is 4.90 Å². The minimum absolute atomic E-state index is 0.651. The molecule has 0 fully saturated rings. The fraction of sp³-hybridized carbons (Fsp3) is 0.143. The first-order chi connectivity index (χ1) is 12.3. The van der Waals surface area contributed by atoms with Crippen LogP contribution in [0.2, 0.25) is 0 Å². The summed E-state index contributed by atoms with van der Waals surface area (Å²) in [6, 6.07) is 27.2. The Morgan fingerprint density at radius 1 is 0.840 bits per heavy atom. The summed E-state index contributed by atoms with van der Waals surface area (Å²) in [5.41, 5.74) is 5.68. The number of hydrogen-bond donors (Lipinski definition) is 0. The lowest BCUT2D eigenvalue weighted by Crippen LogP contribution is -2.26. The number of nitrogens with zero attached hydrogens (tertiary/aromatic N) is 4. The van der Waals surface area contributed by atoms with E-state index in [2.05, 4.69) is 76.7 Å². The maximum absolute atomic E-state index is 4.34.